The van der Waals surface area contributed by atoms with Crippen molar-refractivity contribution in [1.82, 2.24) is 9.21 Å². The molecular formula is C16H28ClFN4O3S. The zero-order valence-corrected chi connectivity index (χ0v) is 16.8. The summed E-state index contributed by atoms with van der Waals surface area (Å²) in [5.41, 5.74) is 6.00. The van der Waals surface area contributed by atoms with Crippen molar-refractivity contribution < 1.29 is 17.6 Å². The smallest absolute Gasteiger partial charge is 0.240 e. The van der Waals surface area contributed by atoms with Crippen LogP contribution in [0.15, 0.2) is 0 Å². The molecule has 0 aromatic heterocycles. The van der Waals surface area contributed by atoms with Gasteiger partial charge < -0.3 is 10.6 Å². The Balaban J connectivity index is 0.00000338. The highest BCUT2D eigenvalue weighted by molar-refractivity contribution is 7.89. The number of rotatable bonds is 5. The van der Waals surface area contributed by atoms with Gasteiger partial charge in [0.05, 0.1) is 23.9 Å². The lowest BCUT2D eigenvalue weighted by Gasteiger charge is -2.33. The summed E-state index contributed by atoms with van der Waals surface area (Å²) < 4.78 is 39.3. The largest absolute Gasteiger partial charge is 0.322 e. The first kappa shape index (κ1) is 23.1. The predicted molar refractivity (Wildman–Crippen MR) is 98.8 cm³/mol. The van der Waals surface area contributed by atoms with Gasteiger partial charge in [0.1, 0.15) is 12.2 Å². The molecule has 1 amide bonds. The number of carbonyl (C=O) groups excluding carboxylic acids is 1. The SMILES string of the molecule is CC(C)S(=O)(=O)N1CCC(CC(N)C(=O)N2C[C@@H](F)C[C@H]2C#N)CC1.Cl. The maximum absolute atomic E-state index is 13.5. The Hall–Kier alpha value is -0.950. The van der Waals surface area contributed by atoms with E-state index >= 15 is 0 Å². The Bertz CT molecular complexity index is 632. The minimum atomic E-state index is -3.25. The van der Waals surface area contributed by atoms with Crippen LogP contribution in [0.25, 0.3) is 0 Å². The molecule has 0 bridgehead atoms. The van der Waals surface area contributed by atoms with Gasteiger partial charge in [0, 0.05) is 19.5 Å². The van der Waals surface area contributed by atoms with Crippen LogP contribution in [0.3, 0.4) is 0 Å². The van der Waals surface area contributed by atoms with E-state index < -0.39 is 33.5 Å². The molecule has 2 saturated heterocycles. The van der Waals surface area contributed by atoms with Gasteiger partial charge in [0.25, 0.3) is 0 Å². The molecule has 3 atom stereocenters. The molecule has 0 aromatic carbocycles. The van der Waals surface area contributed by atoms with E-state index in [9.17, 15) is 17.6 Å². The molecule has 2 aliphatic rings. The maximum Gasteiger partial charge on any atom is 0.240 e. The molecule has 26 heavy (non-hydrogen) atoms. The van der Waals surface area contributed by atoms with Gasteiger partial charge in [0.2, 0.25) is 15.9 Å². The summed E-state index contributed by atoms with van der Waals surface area (Å²) in [5, 5.41) is 8.60. The first-order valence-electron chi connectivity index (χ1n) is 8.75. The number of nitrogens with zero attached hydrogens (tertiary/aromatic N) is 3. The monoisotopic (exact) mass is 410 g/mol. The zero-order valence-electron chi connectivity index (χ0n) is 15.2. The van der Waals surface area contributed by atoms with Gasteiger partial charge in [0.15, 0.2) is 0 Å². The second kappa shape index (κ2) is 9.31. The van der Waals surface area contributed by atoms with E-state index in [4.69, 9.17) is 11.0 Å². The maximum atomic E-state index is 13.5. The normalized spacial score (nSPS) is 26.4. The lowest BCUT2D eigenvalue weighted by Crippen LogP contribution is -2.48. The van der Waals surface area contributed by atoms with Crippen molar-refractivity contribution in [2.75, 3.05) is 19.6 Å². The van der Waals surface area contributed by atoms with E-state index in [1.54, 1.807) is 13.8 Å². The third kappa shape index (κ3) is 5.06. The number of halogens is 2. The standard InChI is InChI=1S/C16H27FN4O3S.ClH/c1-11(2)25(23,24)20-5-3-12(4-6-20)7-15(19)16(22)21-10-13(17)8-14(21)9-18;/h11-15H,3-8,10,19H2,1-2H3;1H/t13-,14-,15?;/m0./s1. The summed E-state index contributed by atoms with van der Waals surface area (Å²) in [6.45, 7) is 4.12. The van der Waals surface area contributed by atoms with Crippen molar-refractivity contribution in [1.29, 1.82) is 5.26 Å². The lowest BCUT2D eigenvalue weighted by molar-refractivity contribution is -0.133. The fraction of sp³-hybridized carbons (Fsp3) is 0.875. The Kier molecular flexibility index (Phi) is 8.27. The van der Waals surface area contributed by atoms with Gasteiger partial charge >= 0.3 is 0 Å². The zero-order chi connectivity index (χ0) is 18.8. The molecule has 0 spiro atoms. The Morgan fingerprint density at radius 2 is 1.92 bits per heavy atom. The number of alkyl halides is 1. The molecule has 0 radical (unpaired) electrons. The van der Waals surface area contributed by atoms with Crippen LogP contribution >= 0.6 is 12.4 Å². The molecule has 2 N–H and O–H groups in total. The molecule has 150 valence electrons. The predicted octanol–water partition coefficient (Wildman–Crippen LogP) is 1.04. The number of amides is 1. The number of nitriles is 1. The molecule has 2 rings (SSSR count). The van der Waals surface area contributed by atoms with Gasteiger partial charge in [-0.25, -0.2) is 17.1 Å². The summed E-state index contributed by atoms with van der Waals surface area (Å²) >= 11 is 0. The summed E-state index contributed by atoms with van der Waals surface area (Å²) in [6.07, 6.45) is 0.603. The van der Waals surface area contributed by atoms with E-state index in [0.29, 0.717) is 32.4 Å². The fourth-order valence-electron chi connectivity index (χ4n) is 3.52. The van der Waals surface area contributed by atoms with Gasteiger partial charge in [-0.05, 0) is 39.0 Å². The van der Waals surface area contributed by atoms with Crippen LogP contribution in [-0.4, -0.2) is 66.7 Å². The number of carbonyl (C=O) groups is 1. The van der Waals surface area contributed by atoms with Crippen LogP contribution in [-0.2, 0) is 14.8 Å². The summed E-state index contributed by atoms with van der Waals surface area (Å²) in [6, 6.07) is 0.431. The number of hydrogen-bond donors (Lipinski definition) is 1. The van der Waals surface area contributed by atoms with Gasteiger partial charge in [-0.15, -0.1) is 12.4 Å². The molecule has 10 heteroatoms. The minimum absolute atomic E-state index is 0. The average molecular weight is 411 g/mol. The van der Waals surface area contributed by atoms with Gasteiger partial charge in [-0.1, -0.05) is 0 Å². The lowest BCUT2D eigenvalue weighted by atomic mass is 9.91. The first-order chi connectivity index (χ1) is 11.7. The number of hydrogen-bond acceptors (Lipinski definition) is 5. The van der Waals surface area contributed by atoms with Crippen LogP contribution in [0.5, 0.6) is 0 Å². The van der Waals surface area contributed by atoms with Crippen molar-refractivity contribution in [2.45, 2.75) is 63.0 Å². The Morgan fingerprint density at radius 3 is 2.42 bits per heavy atom. The van der Waals surface area contributed by atoms with Crippen molar-refractivity contribution in [2.24, 2.45) is 11.7 Å². The minimum Gasteiger partial charge on any atom is -0.322 e. The summed E-state index contributed by atoms with van der Waals surface area (Å²) in [7, 11) is -3.25. The second-order valence-corrected chi connectivity index (χ2v) is 9.74. The van der Waals surface area contributed by atoms with Crippen molar-refractivity contribution in [3.05, 3.63) is 0 Å². The van der Waals surface area contributed by atoms with Crippen molar-refractivity contribution >= 4 is 28.3 Å². The molecule has 0 aromatic rings. The fourth-order valence-corrected chi connectivity index (χ4v) is 4.84. The summed E-state index contributed by atoms with van der Waals surface area (Å²) in [5.74, 6) is -0.231. The highest BCUT2D eigenvalue weighted by Gasteiger charge is 2.38. The highest BCUT2D eigenvalue weighted by Crippen LogP contribution is 2.26. The number of sulfonamides is 1. The number of nitrogens with two attached hydrogens (primary N) is 1. The molecular weight excluding hydrogens is 383 g/mol. The molecule has 0 saturated carbocycles. The quantitative estimate of drug-likeness (QED) is 0.728. The van der Waals surface area contributed by atoms with E-state index in [1.807, 2.05) is 6.07 Å². The number of likely N-dealkylation sites (tertiary alicyclic amines) is 1. The van der Waals surface area contributed by atoms with Crippen LogP contribution < -0.4 is 5.73 Å². The Morgan fingerprint density at radius 1 is 1.35 bits per heavy atom. The van der Waals surface area contributed by atoms with Crippen LogP contribution in [0, 0.1) is 17.2 Å². The Labute approximate surface area is 161 Å². The molecule has 2 heterocycles. The van der Waals surface area contributed by atoms with Crippen LogP contribution in [0.2, 0.25) is 0 Å². The molecule has 2 fully saturated rings. The van der Waals surface area contributed by atoms with Gasteiger partial charge in [-0.3, -0.25) is 4.79 Å². The van der Waals surface area contributed by atoms with Crippen LogP contribution in [0.4, 0.5) is 4.39 Å². The van der Waals surface area contributed by atoms with Crippen molar-refractivity contribution in [3.63, 3.8) is 0 Å². The third-order valence-electron chi connectivity index (χ3n) is 5.12. The van der Waals surface area contributed by atoms with E-state index in [2.05, 4.69) is 0 Å². The molecule has 1 unspecified atom stereocenters. The number of piperidine rings is 1. The molecule has 0 aliphatic carbocycles. The van der Waals surface area contributed by atoms with E-state index in [0.717, 1.165) is 0 Å². The molecule has 7 nitrogen and oxygen atoms in total. The second-order valence-electron chi connectivity index (χ2n) is 7.25. The third-order valence-corrected chi connectivity index (χ3v) is 7.39. The van der Waals surface area contributed by atoms with Crippen molar-refractivity contribution in [3.8, 4) is 6.07 Å². The van der Waals surface area contributed by atoms with Crippen LogP contribution in [0.1, 0.15) is 39.5 Å². The topological polar surface area (TPSA) is 108 Å². The van der Waals surface area contributed by atoms with E-state index in [1.165, 1.54) is 9.21 Å². The molecule has 2 aliphatic heterocycles. The first-order valence-corrected chi connectivity index (χ1v) is 10.3. The summed E-state index contributed by atoms with van der Waals surface area (Å²) in [4.78, 5) is 13.7. The highest BCUT2D eigenvalue weighted by atomic mass is 35.5. The average Bonchev–Trinajstić information content (AvgIpc) is 2.95. The van der Waals surface area contributed by atoms with E-state index in [-0.39, 0.29) is 37.2 Å². The van der Waals surface area contributed by atoms with Gasteiger partial charge in [-0.2, -0.15) is 5.26 Å².